The molecule has 0 saturated carbocycles. The Morgan fingerprint density at radius 2 is 1.81 bits per heavy atom. The molecule has 0 spiro atoms. The van der Waals surface area contributed by atoms with Gasteiger partial charge in [-0.05, 0) is 37.6 Å². The number of hydrogen-bond acceptors (Lipinski definition) is 5. The molecular weight excluding hydrogens is 378 g/mol. The Morgan fingerprint density at radius 1 is 1.07 bits per heavy atom. The fourth-order valence-electron chi connectivity index (χ4n) is 2.44. The Bertz CT molecular complexity index is 940. The third-order valence-electron chi connectivity index (χ3n) is 3.81. The monoisotopic (exact) mass is 395 g/mol. The maximum atomic E-state index is 9.46. The quantitative estimate of drug-likeness (QED) is 0.298. The van der Waals surface area contributed by atoms with Crippen molar-refractivity contribution in [2.75, 3.05) is 12.4 Å². The van der Waals surface area contributed by atoms with Crippen LogP contribution in [0.3, 0.4) is 0 Å². The molecule has 0 saturated heterocycles. The lowest BCUT2D eigenvalue weighted by atomic mass is 10.2. The second kappa shape index (κ2) is 9.40. The van der Waals surface area contributed by atoms with Crippen molar-refractivity contribution in [3.05, 3.63) is 70.9 Å². The van der Waals surface area contributed by atoms with E-state index in [9.17, 15) is 5.26 Å². The lowest BCUT2D eigenvalue weighted by molar-refractivity contribution is 0.318. The Labute approximate surface area is 168 Å². The van der Waals surface area contributed by atoms with Gasteiger partial charge in [-0.3, -0.25) is 0 Å². The van der Waals surface area contributed by atoms with Crippen LogP contribution in [0.2, 0.25) is 5.02 Å². The first-order valence-corrected chi connectivity index (χ1v) is 9.89. The molecule has 0 radical (unpaired) electrons. The van der Waals surface area contributed by atoms with Crippen LogP contribution in [0.1, 0.15) is 17.7 Å². The molecule has 0 aliphatic heterocycles. The SMILES string of the molecule is Cc1nc(-c2ccccc2)nc(SCCCOc2ccc(Cl)cc2)c1C#N. The molecule has 3 rings (SSSR count). The largest absolute Gasteiger partial charge is 0.494 e. The normalized spacial score (nSPS) is 10.4. The summed E-state index contributed by atoms with van der Waals surface area (Å²) in [5.41, 5.74) is 2.18. The van der Waals surface area contributed by atoms with E-state index in [0.717, 1.165) is 28.5 Å². The maximum Gasteiger partial charge on any atom is 0.160 e. The molecule has 0 bridgehead atoms. The second-order valence-corrected chi connectivity index (χ2v) is 7.32. The molecule has 0 atom stereocenters. The number of thioether (sulfide) groups is 1. The van der Waals surface area contributed by atoms with E-state index in [-0.39, 0.29) is 0 Å². The number of halogens is 1. The number of rotatable bonds is 7. The highest BCUT2D eigenvalue weighted by atomic mass is 35.5. The summed E-state index contributed by atoms with van der Waals surface area (Å²) in [6.07, 6.45) is 0.835. The van der Waals surface area contributed by atoms with Crippen LogP contribution in [0.25, 0.3) is 11.4 Å². The molecule has 0 fully saturated rings. The van der Waals surface area contributed by atoms with Crippen molar-refractivity contribution in [3.63, 3.8) is 0 Å². The molecule has 2 aromatic carbocycles. The van der Waals surface area contributed by atoms with Gasteiger partial charge in [-0.1, -0.05) is 41.9 Å². The van der Waals surface area contributed by atoms with Crippen molar-refractivity contribution in [3.8, 4) is 23.2 Å². The lowest BCUT2D eigenvalue weighted by Crippen LogP contribution is -2.02. The van der Waals surface area contributed by atoms with Crippen molar-refractivity contribution < 1.29 is 4.74 Å². The van der Waals surface area contributed by atoms with Gasteiger partial charge in [0.05, 0.1) is 12.3 Å². The number of ether oxygens (including phenoxy) is 1. The van der Waals surface area contributed by atoms with Crippen LogP contribution < -0.4 is 4.74 Å². The molecule has 136 valence electrons. The molecular formula is C21H18ClN3OS. The summed E-state index contributed by atoms with van der Waals surface area (Å²) in [4.78, 5) is 9.10. The minimum Gasteiger partial charge on any atom is -0.494 e. The predicted molar refractivity (Wildman–Crippen MR) is 109 cm³/mol. The van der Waals surface area contributed by atoms with Crippen LogP contribution in [0.5, 0.6) is 5.75 Å². The van der Waals surface area contributed by atoms with E-state index in [2.05, 4.69) is 16.0 Å². The standard InChI is InChI=1S/C21H18ClN3OS/c1-15-19(14-23)21(25-20(24-15)16-6-3-2-4-7-16)27-13-5-12-26-18-10-8-17(22)9-11-18/h2-4,6-11H,5,12-13H2,1H3. The van der Waals surface area contributed by atoms with E-state index in [4.69, 9.17) is 16.3 Å². The maximum absolute atomic E-state index is 9.46. The molecule has 4 nitrogen and oxygen atoms in total. The number of benzene rings is 2. The van der Waals surface area contributed by atoms with E-state index in [0.29, 0.717) is 28.7 Å². The van der Waals surface area contributed by atoms with Crippen molar-refractivity contribution in [2.24, 2.45) is 0 Å². The van der Waals surface area contributed by atoms with E-state index in [1.165, 1.54) is 0 Å². The summed E-state index contributed by atoms with van der Waals surface area (Å²) in [6.45, 7) is 2.44. The minimum absolute atomic E-state index is 0.540. The van der Waals surface area contributed by atoms with Crippen LogP contribution in [0.4, 0.5) is 0 Å². The molecule has 3 aromatic rings. The Morgan fingerprint density at radius 3 is 2.52 bits per heavy atom. The average Bonchev–Trinajstić information content (AvgIpc) is 2.69. The highest BCUT2D eigenvalue weighted by Crippen LogP contribution is 2.26. The van der Waals surface area contributed by atoms with Gasteiger partial charge in [-0.25, -0.2) is 9.97 Å². The van der Waals surface area contributed by atoms with Gasteiger partial charge in [-0.2, -0.15) is 5.26 Å². The zero-order valence-electron chi connectivity index (χ0n) is 14.9. The topological polar surface area (TPSA) is 58.8 Å². The minimum atomic E-state index is 0.540. The highest BCUT2D eigenvalue weighted by molar-refractivity contribution is 7.99. The summed E-state index contributed by atoms with van der Waals surface area (Å²) in [7, 11) is 0. The van der Waals surface area contributed by atoms with E-state index < -0.39 is 0 Å². The third kappa shape index (κ3) is 5.22. The lowest BCUT2D eigenvalue weighted by Gasteiger charge is -2.09. The van der Waals surface area contributed by atoms with Gasteiger partial charge in [-0.15, -0.1) is 11.8 Å². The summed E-state index contributed by atoms with van der Waals surface area (Å²) in [5, 5.41) is 10.9. The number of aromatic nitrogens is 2. The Hall–Kier alpha value is -2.55. The van der Waals surface area contributed by atoms with Gasteiger partial charge in [0, 0.05) is 16.3 Å². The van der Waals surface area contributed by atoms with Crippen molar-refractivity contribution in [1.29, 1.82) is 5.26 Å². The van der Waals surface area contributed by atoms with Crippen molar-refractivity contribution >= 4 is 23.4 Å². The van der Waals surface area contributed by atoms with Crippen LogP contribution >= 0.6 is 23.4 Å². The fourth-order valence-corrected chi connectivity index (χ4v) is 3.51. The molecule has 0 unspecified atom stereocenters. The highest BCUT2D eigenvalue weighted by Gasteiger charge is 2.13. The number of hydrogen-bond donors (Lipinski definition) is 0. The molecule has 0 aliphatic carbocycles. The summed E-state index contributed by atoms with van der Waals surface area (Å²) < 4.78 is 5.70. The van der Waals surface area contributed by atoms with Gasteiger partial charge in [0.2, 0.25) is 0 Å². The van der Waals surface area contributed by atoms with Crippen LogP contribution in [-0.4, -0.2) is 22.3 Å². The van der Waals surface area contributed by atoms with Gasteiger partial charge >= 0.3 is 0 Å². The van der Waals surface area contributed by atoms with Gasteiger partial charge < -0.3 is 4.74 Å². The smallest absolute Gasteiger partial charge is 0.160 e. The van der Waals surface area contributed by atoms with Crippen molar-refractivity contribution in [2.45, 2.75) is 18.4 Å². The van der Waals surface area contributed by atoms with Gasteiger partial charge in [0.1, 0.15) is 22.4 Å². The van der Waals surface area contributed by atoms with Gasteiger partial charge in [0.15, 0.2) is 5.82 Å². The Balaban J connectivity index is 1.62. The number of aryl methyl sites for hydroxylation is 1. The molecule has 1 aromatic heterocycles. The number of nitrogens with zero attached hydrogens (tertiary/aromatic N) is 3. The third-order valence-corrected chi connectivity index (χ3v) is 5.12. The average molecular weight is 396 g/mol. The van der Waals surface area contributed by atoms with E-state index >= 15 is 0 Å². The summed E-state index contributed by atoms with van der Waals surface area (Å²) in [6, 6.07) is 19.3. The second-order valence-electron chi connectivity index (χ2n) is 5.80. The predicted octanol–water partition coefficient (Wildman–Crippen LogP) is 5.54. The van der Waals surface area contributed by atoms with Crippen LogP contribution in [0, 0.1) is 18.3 Å². The molecule has 0 N–H and O–H groups in total. The van der Waals surface area contributed by atoms with E-state index in [1.54, 1.807) is 23.9 Å². The first kappa shape index (κ1) is 19.2. The molecule has 1 heterocycles. The zero-order chi connectivity index (χ0) is 19.1. The zero-order valence-corrected chi connectivity index (χ0v) is 16.4. The summed E-state index contributed by atoms with van der Waals surface area (Å²) >= 11 is 7.42. The van der Waals surface area contributed by atoms with Crippen LogP contribution in [-0.2, 0) is 0 Å². The Kier molecular flexibility index (Phi) is 6.69. The molecule has 27 heavy (non-hydrogen) atoms. The fraction of sp³-hybridized carbons (Fsp3) is 0.190. The van der Waals surface area contributed by atoms with Crippen molar-refractivity contribution in [1.82, 2.24) is 9.97 Å². The van der Waals surface area contributed by atoms with E-state index in [1.807, 2.05) is 49.4 Å². The first-order valence-electron chi connectivity index (χ1n) is 8.52. The van der Waals surface area contributed by atoms with Crippen LogP contribution in [0.15, 0.2) is 59.6 Å². The summed E-state index contributed by atoms with van der Waals surface area (Å²) in [5.74, 6) is 2.24. The molecule has 0 amide bonds. The van der Waals surface area contributed by atoms with Gasteiger partial charge in [0.25, 0.3) is 0 Å². The molecule has 6 heteroatoms. The first-order chi connectivity index (χ1) is 13.2. The molecule has 0 aliphatic rings. The number of nitriles is 1.